The average Bonchev–Trinajstić information content (AvgIpc) is 2.64. The fraction of sp³-hybridized carbons (Fsp3) is 0.278. The first-order valence-corrected chi connectivity index (χ1v) is 7.34. The Morgan fingerprint density at radius 2 is 1.42 bits per heavy atom. The van der Waals surface area contributed by atoms with Crippen molar-refractivity contribution in [1.82, 2.24) is 0 Å². The van der Waals surface area contributed by atoms with E-state index in [0.29, 0.717) is 23.3 Å². The summed E-state index contributed by atoms with van der Waals surface area (Å²) in [5.41, 5.74) is 1.21. The molecule has 0 bridgehead atoms. The quantitative estimate of drug-likeness (QED) is 0.742. The van der Waals surface area contributed by atoms with E-state index in [1.54, 1.807) is 12.1 Å². The van der Waals surface area contributed by atoms with Crippen LogP contribution in [0.15, 0.2) is 36.4 Å². The van der Waals surface area contributed by atoms with Crippen molar-refractivity contribution in [3.63, 3.8) is 0 Å². The Morgan fingerprint density at radius 3 is 1.88 bits per heavy atom. The molecule has 0 saturated heterocycles. The summed E-state index contributed by atoms with van der Waals surface area (Å²) in [6.45, 7) is 3.96. The van der Waals surface area contributed by atoms with Gasteiger partial charge >= 0.3 is 0 Å². The third-order valence-electron chi connectivity index (χ3n) is 2.77. The zero-order chi connectivity index (χ0) is 18.5. The number of methoxy groups -OCH3 is 2. The molecule has 0 heterocycles. The van der Waals surface area contributed by atoms with Gasteiger partial charge in [0, 0.05) is 5.56 Å². The minimum atomic E-state index is -0.0450. The molecule has 0 aliphatic carbocycles. The Kier molecular flexibility index (Phi) is 10.4. The van der Waals surface area contributed by atoms with Gasteiger partial charge in [-0.3, -0.25) is 4.79 Å². The molecule has 132 valence electrons. The van der Waals surface area contributed by atoms with Crippen LogP contribution in [-0.4, -0.2) is 35.8 Å². The number of phenols is 2. The van der Waals surface area contributed by atoms with Crippen LogP contribution >= 0.6 is 0 Å². The molecular weight excluding hydrogens is 312 g/mol. The molecule has 0 radical (unpaired) electrons. The van der Waals surface area contributed by atoms with Crippen LogP contribution in [0.2, 0.25) is 0 Å². The number of aliphatic hydroxyl groups is 1. The zero-order valence-corrected chi connectivity index (χ0v) is 14.3. The van der Waals surface area contributed by atoms with Gasteiger partial charge in [-0.25, -0.2) is 0 Å². The summed E-state index contributed by atoms with van der Waals surface area (Å²) in [7, 11) is 2.90. The van der Waals surface area contributed by atoms with E-state index >= 15 is 0 Å². The van der Waals surface area contributed by atoms with Gasteiger partial charge in [0.15, 0.2) is 23.0 Å². The van der Waals surface area contributed by atoms with Gasteiger partial charge in [0.05, 0.1) is 20.8 Å². The molecule has 0 saturated carbocycles. The number of carbonyl (C=O) groups excluding carboxylic acids is 1. The van der Waals surface area contributed by atoms with E-state index in [0.717, 1.165) is 5.56 Å². The maximum absolute atomic E-state index is 10.2. The van der Waals surface area contributed by atoms with Crippen LogP contribution in [0.3, 0.4) is 0 Å². The summed E-state index contributed by atoms with van der Waals surface area (Å²) >= 11 is 0. The van der Waals surface area contributed by atoms with Crippen LogP contribution in [0.1, 0.15) is 29.8 Å². The molecule has 2 aromatic rings. The van der Waals surface area contributed by atoms with Crippen LogP contribution in [0.5, 0.6) is 23.0 Å². The van der Waals surface area contributed by atoms with Crippen LogP contribution in [0, 0.1) is 0 Å². The van der Waals surface area contributed by atoms with E-state index in [2.05, 4.69) is 0 Å². The van der Waals surface area contributed by atoms with Crippen LogP contribution < -0.4 is 9.47 Å². The Hall–Kier alpha value is -2.73. The molecule has 0 aliphatic rings. The maximum Gasteiger partial charge on any atom is 0.161 e. The first kappa shape index (κ1) is 21.3. The summed E-state index contributed by atoms with van der Waals surface area (Å²) in [4.78, 5) is 10.2. The highest BCUT2D eigenvalue weighted by Gasteiger charge is 2.01. The predicted molar refractivity (Wildman–Crippen MR) is 92.0 cm³/mol. The van der Waals surface area contributed by atoms with Crippen molar-refractivity contribution in [2.75, 3.05) is 14.2 Å². The van der Waals surface area contributed by atoms with E-state index < -0.39 is 0 Å². The number of aromatic hydroxyl groups is 2. The molecule has 6 nitrogen and oxygen atoms in total. The summed E-state index contributed by atoms with van der Waals surface area (Å²) < 4.78 is 9.60. The molecule has 0 amide bonds. The van der Waals surface area contributed by atoms with Crippen molar-refractivity contribution in [3.05, 3.63) is 47.5 Å². The third-order valence-corrected chi connectivity index (χ3v) is 2.77. The Balaban J connectivity index is 0.000000400. The molecule has 0 aromatic heterocycles. The van der Waals surface area contributed by atoms with E-state index in [1.165, 1.54) is 38.5 Å². The molecule has 24 heavy (non-hydrogen) atoms. The number of aldehydes is 1. The Labute approximate surface area is 141 Å². The van der Waals surface area contributed by atoms with Gasteiger partial charge in [-0.15, -0.1) is 0 Å². The summed E-state index contributed by atoms with van der Waals surface area (Å²) in [6, 6.07) is 9.13. The van der Waals surface area contributed by atoms with Gasteiger partial charge in [0.25, 0.3) is 0 Å². The second kappa shape index (κ2) is 11.8. The first-order chi connectivity index (χ1) is 11.5. The van der Waals surface area contributed by atoms with Crippen molar-refractivity contribution in [2.45, 2.75) is 20.5 Å². The molecule has 0 atom stereocenters. The summed E-state index contributed by atoms with van der Waals surface area (Å²) in [5.74, 6) is 0.828. The van der Waals surface area contributed by atoms with Gasteiger partial charge < -0.3 is 24.8 Å². The molecule has 3 N–H and O–H groups in total. The molecule has 0 unspecified atom stereocenters. The number of rotatable bonds is 4. The van der Waals surface area contributed by atoms with E-state index in [4.69, 9.17) is 24.8 Å². The lowest BCUT2D eigenvalue weighted by Crippen LogP contribution is -1.87. The van der Waals surface area contributed by atoms with Gasteiger partial charge in [-0.2, -0.15) is 0 Å². The minimum Gasteiger partial charge on any atom is -0.504 e. The maximum atomic E-state index is 10.2. The Morgan fingerprint density at radius 1 is 0.917 bits per heavy atom. The summed E-state index contributed by atoms with van der Waals surface area (Å²) in [5, 5.41) is 26.9. The zero-order valence-electron chi connectivity index (χ0n) is 14.3. The van der Waals surface area contributed by atoms with Crippen molar-refractivity contribution >= 4 is 6.29 Å². The van der Waals surface area contributed by atoms with Crippen molar-refractivity contribution < 1.29 is 29.6 Å². The minimum absolute atomic E-state index is 0.0399. The molecule has 0 aliphatic heterocycles. The highest BCUT2D eigenvalue weighted by molar-refractivity contribution is 5.76. The topological polar surface area (TPSA) is 96.2 Å². The van der Waals surface area contributed by atoms with Gasteiger partial charge in [-0.05, 0) is 35.9 Å². The second-order valence-electron chi connectivity index (χ2n) is 4.21. The third kappa shape index (κ3) is 6.58. The van der Waals surface area contributed by atoms with Crippen LogP contribution in [0.25, 0.3) is 0 Å². The fourth-order valence-corrected chi connectivity index (χ4v) is 1.59. The Bertz CT molecular complexity index is 625. The highest BCUT2D eigenvalue weighted by atomic mass is 16.5. The average molecular weight is 336 g/mol. The summed E-state index contributed by atoms with van der Waals surface area (Å²) in [6.07, 6.45) is 0.696. The number of aliphatic hydroxyl groups excluding tert-OH is 1. The number of hydrogen-bond acceptors (Lipinski definition) is 6. The van der Waals surface area contributed by atoms with Gasteiger partial charge in [0.2, 0.25) is 0 Å². The van der Waals surface area contributed by atoms with Gasteiger partial charge in [0.1, 0.15) is 6.29 Å². The van der Waals surface area contributed by atoms with E-state index in [9.17, 15) is 4.79 Å². The molecule has 2 aromatic carbocycles. The number of phenolic OH excluding ortho intramolecular Hbond substituents is 2. The van der Waals surface area contributed by atoms with Crippen LogP contribution in [-0.2, 0) is 6.61 Å². The predicted octanol–water partition coefficient (Wildman–Crippen LogP) is 3.13. The molecule has 6 heteroatoms. The van der Waals surface area contributed by atoms with E-state index in [1.807, 2.05) is 13.8 Å². The monoisotopic (exact) mass is 336 g/mol. The SMILES string of the molecule is CC.COc1cc(C=O)ccc1O.COc1cc(CO)ccc1O. The van der Waals surface area contributed by atoms with Crippen molar-refractivity contribution in [1.29, 1.82) is 0 Å². The van der Waals surface area contributed by atoms with Crippen LogP contribution in [0.4, 0.5) is 0 Å². The molecule has 0 fully saturated rings. The number of benzene rings is 2. The number of carbonyl (C=O) groups is 1. The highest BCUT2D eigenvalue weighted by Crippen LogP contribution is 2.26. The smallest absolute Gasteiger partial charge is 0.161 e. The molecule has 0 spiro atoms. The number of hydrogen-bond donors (Lipinski definition) is 3. The van der Waals surface area contributed by atoms with Crippen molar-refractivity contribution in [3.8, 4) is 23.0 Å². The first-order valence-electron chi connectivity index (χ1n) is 7.34. The number of ether oxygens (including phenoxy) is 2. The molecule has 2 rings (SSSR count). The lowest BCUT2D eigenvalue weighted by Gasteiger charge is -2.03. The normalized spacial score (nSPS) is 8.88. The largest absolute Gasteiger partial charge is 0.504 e. The van der Waals surface area contributed by atoms with Crippen molar-refractivity contribution in [2.24, 2.45) is 0 Å². The second-order valence-corrected chi connectivity index (χ2v) is 4.21. The molecular formula is C18H24O6. The lowest BCUT2D eigenvalue weighted by atomic mass is 10.2. The standard InChI is InChI=1S/C8H10O3.C8H8O3.C2H6/c2*1-11-8-4-6(5-9)2-3-7(8)10;1-2/h2-4,9-10H,5H2,1H3;2-5,10H,1H3;1-2H3. The fourth-order valence-electron chi connectivity index (χ4n) is 1.59. The van der Waals surface area contributed by atoms with Gasteiger partial charge in [-0.1, -0.05) is 19.9 Å². The van der Waals surface area contributed by atoms with E-state index in [-0.39, 0.29) is 18.1 Å². The lowest BCUT2D eigenvalue weighted by molar-refractivity contribution is 0.112.